The monoisotopic (exact) mass is 476 g/mol. The molecule has 1 atom stereocenters. The van der Waals surface area contributed by atoms with Crippen molar-refractivity contribution in [3.05, 3.63) is 83.5 Å². The van der Waals surface area contributed by atoms with Crippen LogP contribution in [0.2, 0.25) is 0 Å². The van der Waals surface area contributed by atoms with Crippen molar-refractivity contribution >= 4 is 23.0 Å². The molecule has 0 aliphatic heterocycles. The summed E-state index contributed by atoms with van der Waals surface area (Å²) in [7, 11) is 3.20. The first-order chi connectivity index (χ1) is 16.4. The average Bonchev–Trinajstić information content (AvgIpc) is 3.56. The van der Waals surface area contributed by atoms with Crippen molar-refractivity contribution in [2.24, 2.45) is 7.05 Å². The van der Waals surface area contributed by atoms with Crippen LogP contribution >= 0.6 is 11.3 Å². The molecule has 0 fully saturated rings. The van der Waals surface area contributed by atoms with Crippen LogP contribution in [-0.4, -0.2) is 32.2 Å². The lowest BCUT2D eigenvalue weighted by Gasteiger charge is -2.15. The highest BCUT2D eigenvalue weighted by Crippen LogP contribution is 2.39. The molecule has 0 bridgehead atoms. The van der Waals surface area contributed by atoms with Crippen molar-refractivity contribution < 1.29 is 18.7 Å². The second kappa shape index (κ2) is 8.75. The lowest BCUT2D eigenvalue weighted by Crippen LogP contribution is -2.06. The van der Waals surface area contributed by atoms with Gasteiger partial charge in [0, 0.05) is 31.1 Å². The Morgan fingerprint density at radius 1 is 1.15 bits per heavy atom. The Balaban J connectivity index is 1.51. The van der Waals surface area contributed by atoms with Crippen molar-refractivity contribution in [3.8, 4) is 27.4 Å². The van der Waals surface area contributed by atoms with Crippen LogP contribution < -0.4 is 4.74 Å². The van der Waals surface area contributed by atoms with Gasteiger partial charge in [0.05, 0.1) is 30.1 Å². The zero-order valence-corrected chi connectivity index (χ0v) is 19.5. The largest absolute Gasteiger partial charge is 0.484 e. The van der Waals surface area contributed by atoms with E-state index in [0.29, 0.717) is 16.2 Å². The van der Waals surface area contributed by atoms with Crippen LogP contribution in [0.25, 0.3) is 27.3 Å². The van der Waals surface area contributed by atoms with Gasteiger partial charge in [-0.15, -0.1) is 11.3 Å². The van der Waals surface area contributed by atoms with Crippen LogP contribution in [-0.2, 0) is 11.8 Å². The maximum Gasteiger partial charge on any atom is 0.351 e. The number of ether oxygens (including phenoxy) is 2. The van der Waals surface area contributed by atoms with Gasteiger partial charge in [-0.25, -0.2) is 14.2 Å². The zero-order chi connectivity index (χ0) is 23.8. The highest BCUT2D eigenvalue weighted by atomic mass is 32.1. The second-order valence-corrected chi connectivity index (χ2v) is 8.85. The molecule has 4 aromatic heterocycles. The molecule has 172 valence electrons. The van der Waals surface area contributed by atoms with Crippen LogP contribution in [0.5, 0.6) is 5.75 Å². The van der Waals surface area contributed by atoms with Crippen molar-refractivity contribution in [1.82, 2.24) is 19.2 Å². The summed E-state index contributed by atoms with van der Waals surface area (Å²) in [6.45, 7) is 1.81. The number of thiophene rings is 1. The van der Waals surface area contributed by atoms with Crippen LogP contribution in [0.3, 0.4) is 0 Å². The van der Waals surface area contributed by atoms with Gasteiger partial charge in [0.15, 0.2) is 4.88 Å². The third kappa shape index (κ3) is 4.06. The number of carbonyl (C=O) groups excluding carboxylic acids is 1. The third-order valence-corrected chi connectivity index (χ3v) is 6.61. The summed E-state index contributed by atoms with van der Waals surface area (Å²) in [6.07, 6.45) is 6.98. The van der Waals surface area contributed by atoms with Gasteiger partial charge in [-0.3, -0.25) is 9.08 Å². The molecule has 0 radical (unpaired) electrons. The average molecular weight is 477 g/mol. The predicted molar refractivity (Wildman–Crippen MR) is 127 cm³/mol. The van der Waals surface area contributed by atoms with Crippen LogP contribution in [0, 0.1) is 5.82 Å². The Hall–Kier alpha value is -3.98. The minimum atomic E-state index is -0.495. The van der Waals surface area contributed by atoms with Crippen molar-refractivity contribution in [3.63, 3.8) is 0 Å². The number of halogens is 1. The fourth-order valence-electron chi connectivity index (χ4n) is 3.75. The van der Waals surface area contributed by atoms with Gasteiger partial charge in [-0.1, -0.05) is 12.1 Å². The number of pyridine rings is 1. The zero-order valence-electron chi connectivity index (χ0n) is 18.7. The number of rotatable bonds is 6. The van der Waals surface area contributed by atoms with E-state index in [-0.39, 0.29) is 5.82 Å². The van der Waals surface area contributed by atoms with E-state index >= 15 is 0 Å². The standard InChI is InChI=1S/C25H21FN4O3S/c1-15(16-5-4-6-19(26)9-16)33-21-11-22(34-24(21)25(31)32-3)20-13-27-23-10-17(7-8-30(20)23)18-12-28-29(2)14-18/h4-15H,1-3H3. The fourth-order valence-corrected chi connectivity index (χ4v) is 4.77. The number of imidazole rings is 1. The number of methoxy groups -OCH3 is 1. The van der Waals surface area contributed by atoms with Gasteiger partial charge >= 0.3 is 5.97 Å². The highest BCUT2D eigenvalue weighted by molar-refractivity contribution is 7.17. The number of fused-ring (bicyclic) bond motifs is 1. The third-order valence-electron chi connectivity index (χ3n) is 5.49. The van der Waals surface area contributed by atoms with Gasteiger partial charge in [-0.2, -0.15) is 5.10 Å². The molecule has 1 unspecified atom stereocenters. The van der Waals surface area contributed by atoms with E-state index in [1.165, 1.54) is 30.6 Å². The Labute approximate surface area is 199 Å². The minimum Gasteiger partial charge on any atom is -0.484 e. The number of hydrogen-bond donors (Lipinski definition) is 0. The Kier molecular flexibility index (Phi) is 5.62. The fraction of sp³-hybridized carbons (Fsp3) is 0.160. The number of esters is 1. The molecule has 0 spiro atoms. The summed E-state index contributed by atoms with van der Waals surface area (Å²) in [5.41, 5.74) is 4.25. The summed E-state index contributed by atoms with van der Waals surface area (Å²) in [6, 6.07) is 12.0. The molecule has 0 saturated heterocycles. The minimum absolute atomic E-state index is 0.336. The molecule has 0 amide bonds. The molecular weight excluding hydrogens is 455 g/mol. The summed E-state index contributed by atoms with van der Waals surface area (Å²) in [4.78, 5) is 18.2. The molecule has 0 saturated carbocycles. The first kappa shape index (κ1) is 21.8. The van der Waals surface area contributed by atoms with E-state index in [4.69, 9.17) is 9.47 Å². The van der Waals surface area contributed by atoms with Crippen LogP contribution in [0.1, 0.15) is 28.3 Å². The van der Waals surface area contributed by atoms with Crippen LogP contribution in [0.15, 0.2) is 67.3 Å². The maximum absolute atomic E-state index is 13.7. The molecule has 0 aliphatic carbocycles. The van der Waals surface area contributed by atoms with E-state index in [2.05, 4.69) is 10.1 Å². The molecule has 5 rings (SSSR count). The number of benzene rings is 1. The van der Waals surface area contributed by atoms with E-state index in [1.807, 2.05) is 36.0 Å². The number of carbonyl (C=O) groups is 1. The lowest BCUT2D eigenvalue weighted by molar-refractivity contribution is 0.0600. The Morgan fingerprint density at radius 3 is 2.74 bits per heavy atom. The maximum atomic E-state index is 13.7. The lowest BCUT2D eigenvalue weighted by atomic mass is 10.1. The van der Waals surface area contributed by atoms with Crippen molar-refractivity contribution in [1.29, 1.82) is 0 Å². The molecule has 5 aromatic rings. The van der Waals surface area contributed by atoms with Gasteiger partial charge in [-0.05, 0) is 42.3 Å². The topological polar surface area (TPSA) is 70.7 Å². The van der Waals surface area contributed by atoms with Crippen molar-refractivity contribution in [2.45, 2.75) is 13.0 Å². The summed E-state index contributed by atoms with van der Waals surface area (Å²) < 4.78 is 28.4. The van der Waals surface area contributed by atoms with Gasteiger partial charge in [0.2, 0.25) is 0 Å². The molecule has 1 aromatic carbocycles. The molecule has 9 heteroatoms. The molecule has 0 aliphatic rings. The van der Waals surface area contributed by atoms with Gasteiger partial charge < -0.3 is 9.47 Å². The van der Waals surface area contributed by atoms with Gasteiger partial charge in [0.25, 0.3) is 0 Å². The molecule has 7 nitrogen and oxygen atoms in total. The SMILES string of the molecule is COC(=O)c1sc(-c2cnc3cc(-c4cnn(C)c4)ccn23)cc1OC(C)c1cccc(F)c1. The number of hydrogen-bond acceptors (Lipinski definition) is 6. The first-order valence-electron chi connectivity index (χ1n) is 10.5. The Bertz CT molecular complexity index is 1500. The second-order valence-electron chi connectivity index (χ2n) is 7.80. The first-order valence-corrected chi connectivity index (χ1v) is 11.4. The van der Waals surface area contributed by atoms with E-state index in [9.17, 15) is 9.18 Å². The number of aromatic nitrogens is 4. The summed E-state index contributed by atoms with van der Waals surface area (Å²) >= 11 is 1.26. The predicted octanol–water partition coefficient (Wildman–Crippen LogP) is 5.53. The van der Waals surface area contributed by atoms with Crippen molar-refractivity contribution in [2.75, 3.05) is 7.11 Å². The summed E-state index contributed by atoms with van der Waals surface area (Å²) in [5, 5.41) is 4.23. The van der Waals surface area contributed by atoms with Gasteiger partial charge in [0.1, 0.15) is 23.3 Å². The quantitative estimate of drug-likeness (QED) is 0.302. The smallest absolute Gasteiger partial charge is 0.351 e. The molecular formula is C25H21FN4O3S. The number of aryl methyl sites for hydroxylation is 1. The highest BCUT2D eigenvalue weighted by Gasteiger charge is 2.23. The van der Waals surface area contributed by atoms with E-state index in [0.717, 1.165) is 27.3 Å². The van der Waals surface area contributed by atoms with E-state index in [1.54, 1.807) is 42.2 Å². The molecule has 4 heterocycles. The summed E-state index contributed by atoms with van der Waals surface area (Å²) in [5.74, 6) is -0.459. The van der Waals surface area contributed by atoms with E-state index < -0.39 is 12.1 Å². The Morgan fingerprint density at radius 2 is 2.00 bits per heavy atom. The normalized spacial score (nSPS) is 12.1. The van der Waals surface area contributed by atoms with Crippen LogP contribution in [0.4, 0.5) is 4.39 Å². The number of nitrogens with zero attached hydrogens (tertiary/aromatic N) is 4. The molecule has 34 heavy (non-hydrogen) atoms. The molecule has 0 N–H and O–H groups in total.